The molecular formula is C13H24. The molecule has 0 aromatic heterocycles. The zero-order chi connectivity index (χ0) is 10.3. The van der Waals surface area contributed by atoms with Crippen molar-refractivity contribution in [1.82, 2.24) is 0 Å². The molecule has 0 rings (SSSR count). The van der Waals surface area contributed by atoms with Crippen molar-refractivity contribution in [3.8, 4) is 0 Å². The molecule has 0 heterocycles. The highest BCUT2D eigenvalue weighted by Gasteiger charge is 2.14. The highest BCUT2D eigenvalue weighted by atomic mass is 14.2. The van der Waals surface area contributed by atoms with Crippen molar-refractivity contribution in [1.29, 1.82) is 0 Å². The van der Waals surface area contributed by atoms with Gasteiger partial charge in [-0.2, -0.15) is 0 Å². The van der Waals surface area contributed by atoms with Crippen molar-refractivity contribution in [2.75, 3.05) is 0 Å². The van der Waals surface area contributed by atoms with Crippen LogP contribution in [0.5, 0.6) is 0 Å². The lowest BCUT2D eigenvalue weighted by Gasteiger charge is -2.21. The van der Waals surface area contributed by atoms with E-state index in [0.717, 1.165) is 11.8 Å². The third-order valence-electron chi connectivity index (χ3n) is 3.01. The Hall–Kier alpha value is -0.480. The molecule has 0 aliphatic carbocycles. The molecule has 13 heavy (non-hydrogen) atoms. The Bertz CT molecular complexity index is 163. The summed E-state index contributed by atoms with van der Waals surface area (Å²) in [6, 6.07) is 0. The smallest absolute Gasteiger partial charge is 0.0134 e. The van der Waals surface area contributed by atoms with Gasteiger partial charge in [0.25, 0.3) is 0 Å². The Morgan fingerprint density at radius 1 is 1.23 bits per heavy atom. The molecule has 3 unspecified atom stereocenters. The largest absolute Gasteiger partial charge is 0.133 e. The van der Waals surface area contributed by atoms with Crippen LogP contribution in [0.1, 0.15) is 47.0 Å². The standard InChI is InChI=1S/C13H24/c1-6-9-13(8-3)12(5)10-11(4)7-2/h9,11-13H,1,7-8,10H2,2-5H3. The molecule has 0 saturated carbocycles. The van der Waals surface area contributed by atoms with Crippen LogP contribution in [0, 0.1) is 17.8 Å². The first-order valence-electron chi connectivity index (χ1n) is 5.51. The molecule has 76 valence electrons. The molecular weight excluding hydrogens is 156 g/mol. The fourth-order valence-corrected chi connectivity index (χ4v) is 1.81. The van der Waals surface area contributed by atoms with E-state index in [-0.39, 0.29) is 0 Å². The number of hydrogen-bond donors (Lipinski definition) is 0. The summed E-state index contributed by atoms with van der Waals surface area (Å²) < 4.78 is 0. The summed E-state index contributed by atoms with van der Waals surface area (Å²) in [6.45, 7) is 12.8. The van der Waals surface area contributed by atoms with E-state index in [4.69, 9.17) is 0 Å². The zero-order valence-corrected chi connectivity index (χ0v) is 9.64. The van der Waals surface area contributed by atoms with Crippen LogP contribution in [0.15, 0.2) is 18.4 Å². The summed E-state index contributed by atoms with van der Waals surface area (Å²) in [6.07, 6.45) is 5.96. The molecule has 0 saturated heterocycles. The average molecular weight is 180 g/mol. The number of rotatable bonds is 6. The Labute approximate surface area is 83.7 Å². The molecule has 0 N–H and O–H groups in total. The fraction of sp³-hybridized carbons (Fsp3) is 0.769. The van der Waals surface area contributed by atoms with E-state index in [1.807, 2.05) is 0 Å². The topological polar surface area (TPSA) is 0 Å². The van der Waals surface area contributed by atoms with Gasteiger partial charge in [-0.15, -0.1) is 5.73 Å². The van der Waals surface area contributed by atoms with Gasteiger partial charge < -0.3 is 0 Å². The van der Waals surface area contributed by atoms with Gasteiger partial charge in [0.1, 0.15) is 0 Å². The summed E-state index contributed by atoms with van der Waals surface area (Å²) >= 11 is 0. The van der Waals surface area contributed by atoms with E-state index in [9.17, 15) is 0 Å². The second-order valence-electron chi connectivity index (χ2n) is 4.17. The molecule has 0 amide bonds. The van der Waals surface area contributed by atoms with Gasteiger partial charge in [0, 0.05) is 0 Å². The van der Waals surface area contributed by atoms with Crippen LogP contribution in [0.3, 0.4) is 0 Å². The predicted molar refractivity (Wildman–Crippen MR) is 60.7 cm³/mol. The SMILES string of the molecule is C=C=CC(CC)C(C)CC(C)CC. The highest BCUT2D eigenvalue weighted by Crippen LogP contribution is 2.24. The summed E-state index contributed by atoms with van der Waals surface area (Å²) in [4.78, 5) is 0. The molecule has 0 nitrogen and oxygen atoms in total. The third-order valence-corrected chi connectivity index (χ3v) is 3.01. The maximum absolute atomic E-state index is 3.65. The normalized spacial score (nSPS) is 17.2. The third kappa shape index (κ3) is 4.95. The monoisotopic (exact) mass is 180 g/mol. The average Bonchev–Trinajstić information content (AvgIpc) is 2.13. The first-order valence-corrected chi connectivity index (χ1v) is 5.51. The van der Waals surface area contributed by atoms with E-state index in [1.54, 1.807) is 0 Å². The lowest BCUT2D eigenvalue weighted by Crippen LogP contribution is -2.11. The minimum Gasteiger partial charge on any atom is -0.133 e. The van der Waals surface area contributed by atoms with Gasteiger partial charge in [-0.05, 0) is 36.7 Å². The van der Waals surface area contributed by atoms with E-state index in [2.05, 4.69) is 46.1 Å². The van der Waals surface area contributed by atoms with E-state index >= 15 is 0 Å². The van der Waals surface area contributed by atoms with E-state index < -0.39 is 0 Å². The second-order valence-corrected chi connectivity index (χ2v) is 4.17. The van der Waals surface area contributed by atoms with Crippen LogP contribution in [-0.4, -0.2) is 0 Å². The minimum absolute atomic E-state index is 0.673. The van der Waals surface area contributed by atoms with Crippen LogP contribution in [0.25, 0.3) is 0 Å². The predicted octanol–water partition coefficient (Wildman–Crippen LogP) is 4.43. The molecule has 0 bridgehead atoms. The van der Waals surface area contributed by atoms with Gasteiger partial charge >= 0.3 is 0 Å². The van der Waals surface area contributed by atoms with E-state index in [0.29, 0.717) is 5.92 Å². The van der Waals surface area contributed by atoms with Crippen molar-refractivity contribution in [2.45, 2.75) is 47.0 Å². The fourth-order valence-electron chi connectivity index (χ4n) is 1.81. The molecule has 0 aliphatic heterocycles. The minimum atomic E-state index is 0.673. The maximum atomic E-state index is 3.65. The van der Waals surface area contributed by atoms with Crippen LogP contribution in [-0.2, 0) is 0 Å². The first-order chi connectivity index (χ1) is 6.15. The van der Waals surface area contributed by atoms with Crippen LogP contribution < -0.4 is 0 Å². The van der Waals surface area contributed by atoms with Gasteiger partial charge in [0.2, 0.25) is 0 Å². The van der Waals surface area contributed by atoms with E-state index in [1.165, 1.54) is 19.3 Å². The molecule has 0 aliphatic rings. The van der Waals surface area contributed by atoms with Crippen molar-refractivity contribution in [3.63, 3.8) is 0 Å². The molecule has 0 aromatic carbocycles. The summed E-state index contributed by atoms with van der Waals surface area (Å²) in [5.74, 6) is 2.29. The van der Waals surface area contributed by atoms with Crippen molar-refractivity contribution >= 4 is 0 Å². The van der Waals surface area contributed by atoms with Gasteiger partial charge in [0.05, 0.1) is 0 Å². The Kier molecular flexibility index (Phi) is 6.72. The summed E-state index contributed by atoms with van der Waals surface area (Å²) in [5.41, 5.74) is 2.92. The summed E-state index contributed by atoms with van der Waals surface area (Å²) in [7, 11) is 0. The molecule has 0 heteroatoms. The number of hydrogen-bond acceptors (Lipinski definition) is 0. The maximum Gasteiger partial charge on any atom is -0.0134 e. The Morgan fingerprint density at radius 3 is 2.23 bits per heavy atom. The summed E-state index contributed by atoms with van der Waals surface area (Å²) in [5, 5.41) is 0. The molecule has 0 radical (unpaired) electrons. The molecule has 3 atom stereocenters. The highest BCUT2D eigenvalue weighted by molar-refractivity contribution is 4.87. The van der Waals surface area contributed by atoms with Gasteiger partial charge in [-0.3, -0.25) is 0 Å². The van der Waals surface area contributed by atoms with Crippen molar-refractivity contribution in [3.05, 3.63) is 18.4 Å². The molecule has 0 spiro atoms. The Balaban J connectivity index is 4.04. The molecule has 0 aromatic rings. The lowest BCUT2D eigenvalue weighted by molar-refractivity contribution is 0.328. The van der Waals surface area contributed by atoms with Crippen molar-refractivity contribution < 1.29 is 0 Å². The quantitative estimate of drug-likeness (QED) is 0.531. The second kappa shape index (κ2) is 6.97. The lowest BCUT2D eigenvalue weighted by atomic mass is 9.84. The Morgan fingerprint density at radius 2 is 1.85 bits per heavy atom. The van der Waals surface area contributed by atoms with Gasteiger partial charge in [0.15, 0.2) is 0 Å². The van der Waals surface area contributed by atoms with Gasteiger partial charge in [-0.1, -0.05) is 40.7 Å². The first kappa shape index (κ1) is 12.5. The molecule has 0 fully saturated rings. The zero-order valence-electron chi connectivity index (χ0n) is 9.64. The van der Waals surface area contributed by atoms with Crippen LogP contribution in [0.4, 0.5) is 0 Å². The van der Waals surface area contributed by atoms with Crippen LogP contribution >= 0.6 is 0 Å². The van der Waals surface area contributed by atoms with Crippen molar-refractivity contribution in [2.24, 2.45) is 17.8 Å². The number of allylic oxidation sites excluding steroid dienone is 1. The van der Waals surface area contributed by atoms with Gasteiger partial charge in [-0.25, -0.2) is 0 Å². The van der Waals surface area contributed by atoms with Crippen LogP contribution in [0.2, 0.25) is 0 Å².